The van der Waals surface area contributed by atoms with Crippen LogP contribution in [0.5, 0.6) is 0 Å². The zero-order chi connectivity index (χ0) is 13.7. The Labute approximate surface area is 112 Å². The molecule has 1 atom stereocenters. The third kappa shape index (κ3) is 3.35. The molecule has 0 saturated carbocycles. The van der Waals surface area contributed by atoms with Crippen LogP contribution in [-0.2, 0) is 4.74 Å². The fourth-order valence-electron chi connectivity index (χ4n) is 2.45. The van der Waals surface area contributed by atoms with Crippen molar-refractivity contribution in [3.8, 4) is 0 Å². The number of ether oxygens (including phenoxy) is 1. The molecule has 1 aliphatic heterocycles. The molecule has 0 spiro atoms. The normalized spacial score (nSPS) is 20.6. The summed E-state index contributed by atoms with van der Waals surface area (Å²) in [5.41, 5.74) is 6.28. The quantitative estimate of drug-likeness (QED) is 0.367. The van der Waals surface area contributed by atoms with E-state index in [4.69, 9.17) is 15.7 Å². The average Bonchev–Trinajstić information content (AvgIpc) is 2.47. The first-order chi connectivity index (χ1) is 9.24. The van der Waals surface area contributed by atoms with E-state index in [1.807, 2.05) is 6.07 Å². The summed E-state index contributed by atoms with van der Waals surface area (Å²) in [5, 5.41) is 11.7. The molecule has 1 aromatic heterocycles. The molecule has 19 heavy (non-hydrogen) atoms. The Kier molecular flexibility index (Phi) is 4.57. The highest BCUT2D eigenvalue weighted by molar-refractivity contribution is 5.97. The van der Waals surface area contributed by atoms with Crippen LogP contribution in [0, 0.1) is 5.92 Å². The standard InChI is InChI=1S/C13H20N4O2/c1-19-9-10-3-2-6-17(8-10)12-7-11(4-5-15-12)13(14)16-18/h4-5,7,10,18H,2-3,6,8-9H2,1H3,(H2,14,16). The molecule has 0 aromatic carbocycles. The highest BCUT2D eigenvalue weighted by atomic mass is 16.5. The van der Waals surface area contributed by atoms with Gasteiger partial charge in [-0.05, 0) is 30.9 Å². The summed E-state index contributed by atoms with van der Waals surface area (Å²) in [7, 11) is 1.73. The second-order valence-electron chi connectivity index (χ2n) is 4.80. The number of anilines is 1. The Balaban J connectivity index is 2.12. The number of piperidine rings is 1. The van der Waals surface area contributed by atoms with Crippen LogP contribution in [0.15, 0.2) is 23.5 Å². The van der Waals surface area contributed by atoms with Crippen molar-refractivity contribution in [2.75, 3.05) is 31.7 Å². The van der Waals surface area contributed by atoms with Gasteiger partial charge < -0.3 is 20.6 Å². The first-order valence-electron chi connectivity index (χ1n) is 6.42. The van der Waals surface area contributed by atoms with Crippen LogP contribution in [-0.4, -0.2) is 42.8 Å². The molecule has 0 amide bonds. The van der Waals surface area contributed by atoms with E-state index >= 15 is 0 Å². The zero-order valence-electron chi connectivity index (χ0n) is 11.1. The minimum Gasteiger partial charge on any atom is -0.409 e. The zero-order valence-corrected chi connectivity index (χ0v) is 11.1. The molecule has 1 aromatic rings. The molecule has 1 fully saturated rings. The number of aromatic nitrogens is 1. The van der Waals surface area contributed by atoms with E-state index in [2.05, 4.69) is 15.0 Å². The smallest absolute Gasteiger partial charge is 0.170 e. The van der Waals surface area contributed by atoms with Crippen molar-refractivity contribution in [1.29, 1.82) is 0 Å². The molecule has 1 saturated heterocycles. The second kappa shape index (κ2) is 6.38. The van der Waals surface area contributed by atoms with Gasteiger partial charge in [0.1, 0.15) is 5.82 Å². The number of hydrogen-bond acceptors (Lipinski definition) is 5. The number of hydrogen-bond donors (Lipinski definition) is 2. The molecular weight excluding hydrogens is 244 g/mol. The van der Waals surface area contributed by atoms with E-state index in [9.17, 15) is 0 Å². The molecule has 0 radical (unpaired) electrons. The lowest BCUT2D eigenvalue weighted by atomic mass is 9.99. The molecule has 104 valence electrons. The third-order valence-corrected chi connectivity index (χ3v) is 3.39. The minimum absolute atomic E-state index is 0.106. The van der Waals surface area contributed by atoms with Gasteiger partial charge in [0.2, 0.25) is 0 Å². The number of oxime groups is 1. The van der Waals surface area contributed by atoms with Crippen molar-refractivity contribution in [2.24, 2.45) is 16.8 Å². The second-order valence-corrected chi connectivity index (χ2v) is 4.80. The van der Waals surface area contributed by atoms with Crippen molar-refractivity contribution < 1.29 is 9.94 Å². The Morgan fingerprint density at radius 2 is 2.53 bits per heavy atom. The molecule has 3 N–H and O–H groups in total. The maximum Gasteiger partial charge on any atom is 0.170 e. The Morgan fingerprint density at radius 3 is 3.26 bits per heavy atom. The topological polar surface area (TPSA) is 84.0 Å². The van der Waals surface area contributed by atoms with Crippen LogP contribution < -0.4 is 10.6 Å². The predicted molar refractivity (Wildman–Crippen MR) is 73.6 cm³/mol. The van der Waals surface area contributed by atoms with Crippen molar-refractivity contribution in [3.05, 3.63) is 23.9 Å². The van der Waals surface area contributed by atoms with Crippen LogP contribution in [0.25, 0.3) is 0 Å². The number of methoxy groups -OCH3 is 1. The summed E-state index contributed by atoms with van der Waals surface area (Å²) >= 11 is 0. The van der Waals surface area contributed by atoms with E-state index in [1.54, 1.807) is 19.4 Å². The first-order valence-corrected chi connectivity index (χ1v) is 6.42. The van der Waals surface area contributed by atoms with Crippen molar-refractivity contribution >= 4 is 11.7 Å². The Hall–Kier alpha value is -1.82. The Bertz CT molecular complexity index is 448. The highest BCUT2D eigenvalue weighted by Gasteiger charge is 2.21. The first kappa shape index (κ1) is 13.6. The molecule has 2 rings (SSSR count). The summed E-state index contributed by atoms with van der Waals surface area (Å²) < 4.78 is 5.23. The highest BCUT2D eigenvalue weighted by Crippen LogP contribution is 2.22. The van der Waals surface area contributed by atoms with E-state index in [1.165, 1.54) is 6.42 Å². The Morgan fingerprint density at radius 1 is 1.68 bits per heavy atom. The lowest BCUT2D eigenvalue weighted by molar-refractivity contribution is 0.143. The molecule has 1 aliphatic rings. The lowest BCUT2D eigenvalue weighted by Gasteiger charge is -2.33. The molecule has 1 unspecified atom stereocenters. The van der Waals surface area contributed by atoms with Gasteiger partial charge in [-0.15, -0.1) is 0 Å². The monoisotopic (exact) mass is 264 g/mol. The van der Waals surface area contributed by atoms with Crippen molar-refractivity contribution in [2.45, 2.75) is 12.8 Å². The average molecular weight is 264 g/mol. The van der Waals surface area contributed by atoms with Gasteiger partial charge in [0.15, 0.2) is 5.84 Å². The van der Waals surface area contributed by atoms with Gasteiger partial charge in [-0.1, -0.05) is 5.16 Å². The molecular formula is C13H20N4O2. The fourth-order valence-corrected chi connectivity index (χ4v) is 2.45. The molecule has 6 nitrogen and oxygen atoms in total. The number of amidine groups is 1. The predicted octanol–water partition coefficient (Wildman–Crippen LogP) is 1.04. The number of pyridine rings is 1. The van der Waals surface area contributed by atoms with Crippen LogP contribution in [0.1, 0.15) is 18.4 Å². The van der Waals surface area contributed by atoms with Gasteiger partial charge >= 0.3 is 0 Å². The summed E-state index contributed by atoms with van der Waals surface area (Å²) in [4.78, 5) is 6.59. The van der Waals surface area contributed by atoms with Gasteiger partial charge in [-0.2, -0.15) is 0 Å². The summed E-state index contributed by atoms with van der Waals surface area (Å²) in [6, 6.07) is 3.58. The number of rotatable bonds is 4. The molecule has 6 heteroatoms. The summed E-state index contributed by atoms with van der Waals surface area (Å²) in [6.45, 7) is 2.68. The lowest BCUT2D eigenvalue weighted by Crippen LogP contribution is -2.37. The summed E-state index contributed by atoms with van der Waals surface area (Å²) in [6.07, 6.45) is 4.00. The molecule has 0 bridgehead atoms. The van der Waals surface area contributed by atoms with Gasteiger partial charge in [0.05, 0.1) is 6.61 Å². The number of nitrogens with two attached hydrogens (primary N) is 1. The van der Waals surface area contributed by atoms with Gasteiger partial charge in [0.25, 0.3) is 0 Å². The van der Waals surface area contributed by atoms with Gasteiger partial charge in [-0.3, -0.25) is 0 Å². The van der Waals surface area contributed by atoms with E-state index in [-0.39, 0.29) is 5.84 Å². The minimum atomic E-state index is 0.106. The van der Waals surface area contributed by atoms with Gasteiger partial charge in [0, 0.05) is 32.0 Å². The maximum absolute atomic E-state index is 8.71. The molecule has 0 aliphatic carbocycles. The molecule has 2 heterocycles. The number of nitrogens with zero attached hydrogens (tertiary/aromatic N) is 3. The van der Waals surface area contributed by atoms with E-state index < -0.39 is 0 Å². The van der Waals surface area contributed by atoms with E-state index in [0.29, 0.717) is 11.5 Å². The summed E-state index contributed by atoms with van der Waals surface area (Å²) in [5.74, 6) is 1.51. The fraction of sp³-hybridized carbons (Fsp3) is 0.538. The van der Waals surface area contributed by atoms with Crippen molar-refractivity contribution in [3.63, 3.8) is 0 Å². The van der Waals surface area contributed by atoms with Crippen LogP contribution in [0.3, 0.4) is 0 Å². The van der Waals surface area contributed by atoms with Crippen LogP contribution in [0.4, 0.5) is 5.82 Å². The van der Waals surface area contributed by atoms with Crippen LogP contribution >= 0.6 is 0 Å². The van der Waals surface area contributed by atoms with Crippen molar-refractivity contribution in [1.82, 2.24) is 4.98 Å². The third-order valence-electron chi connectivity index (χ3n) is 3.39. The largest absolute Gasteiger partial charge is 0.409 e. The SMILES string of the molecule is COCC1CCCN(c2cc(/C(N)=N/O)ccn2)C1. The van der Waals surface area contributed by atoms with E-state index in [0.717, 1.165) is 31.9 Å². The maximum atomic E-state index is 8.71. The van der Waals surface area contributed by atoms with Crippen LogP contribution in [0.2, 0.25) is 0 Å². The van der Waals surface area contributed by atoms with Gasteiger partial charge in [-0.25, -0.2) is 4.98 Å².